The van der Waals surface area contributed by atoms with Crippen molar-refractivity contribution < 1.29 is 14.6 Å². The van der Waals surface area contributed by atoms with Crippen LogP contribution in [-0.2, 0) is 17.9 Å². The molecule has 1 aromatic carbocycles. The minimum absolute atomic E-state index is 0.180. The van der Waals surface area contributed by atoms with Gasteiger partial charge in [0.2, 0.25) is 0 Å². The van der Waals surface area contributed by atoms with Gasteiger partial charge in [-0.15, -0.1) is 5.10 Å². The number of piperidine rings is 1. The van der Waals surface area contributed by atoms with E-state index >= 15 is 0 Å². The van der Waals surface area contributed by atoms with Gasteiger partial charge in [0.05, 0.1) is 37.8 Å². The SMILES string of the molecule is COc1ccc(CN2CCC3OCc4cnnn4C3C2)cc1O. The lowest BCUT2D eigenvalue weighted by Crippen LogP contribution is -2.47. The number of fused-ring (bicyclic) bond motifs is 3. The average Bonchev–Trinajstić information content (AvgIpc) is 3.04. The van der Waals surface area contributed by atoms with Crippen LogP contribution in [0.15, 0.2) is 24.4 Å². The molecular weight excluding hydrogens is 296 g/mol. The van der Waals surface area contributed by atoms with Gasteiger partial charge in [0.25, 0.3) is 0 Å². The number of likely N-dealkylation sites (tertiary alicyclic amines) is 1. The molecule has 0 radical (unpaired) electrons. The highest BCUT2D eigenvalue weighted by molar-refractivity contribution is 5.41. The van der Waals surface area contributed by atoms with Crippen molar-refractivity contribution in [1.82, 2.24) is 19.9 Å². The molecule has 2 unspecified atom stereocenters. The molecule has 7 heteroatoms. The lowest BCUT2D eigenvalue weighted by Gasteiger charge is -2.41. The Morgan fingerprint density at radius 1 is 1.43 bits per heavy atom. The first-order chi connectivity index (χ1) is 11.2. The third-order valence-corrected chi connectivity index (χ3v) is 4.66. The summed E-state index contributed by atoms with van der Waals surface area (Å²) in [5.41, 5.74) is 2.10. The molecule has 2 atom stereocenters. The van der Waals surface area contributed by atoms with Crippen LogP contribution in [0.2, 0.25) is 0 Å². The zero-order valence-corrected chi connectivity index (χ0v) is 13.1. The molecule has 1 fully saturated rings. The average molecular weight is 316 g/mol. The molecule has 1 aromatic heterocycles. The zero-order chi connectivity index (χ0) is 15.8. The number of nitrogens with zero attached hydrogens (tertiary/aromatic N) is 4. The minimum atomic E-state index is 0.180. The van der Waals surface area contributed by atoms with Gasteiger partial charge in [-0.25, -0.2) is 4.68 Å². The summed E-state index contributed by atoms with van der Waals surface area (Å²) in [4.78, 5) is 2.36. The summed E-state index contributed by atoms with van der Waals surface area (Å²) in [5.74, 6) is 0.680. The Hall–Kier alpha value is -2.12. The molecule has 3 heterocycles. The van der Waals surface area contributed by atoms with Crippen LogP contribution in [0.1, 0.15) is 23.7 Å². The summed E-state index contributed by atoms with van der Waals surface area (Å²) < 4.78 is 13.0. The highest BCUT2D eigenvalue weighted by atomic mass is 16.5. The topological polar surface area (TPSA) is 72.6 Å². The first kappa shape index (κ1) is 14.5. The van der Waals surface area contributed by atoms with E-state index in [9.17, 15) is 5.11 Å². The third kappa shape index (κ3) is 2.66. The molecule has 1 N–H and O–H groups in total. The second-order valence-electron chi connectivity index (χ2n) is 6.12. The Bertz CT molecular complexity index is 702. The molecule has 0 spiro atoms. The van der Waals surface area contributed by atoms with E-state index in [-0.39, 0.29) is 17.9 Å². The predicted molar refractivity (Wildman–Crippen MR) is 82.2 cm³/mol. The number of hydrogen-bond donors (Lipinski definition) is 1. The van der Waals surface area contributed by atoms with Crippen molar-refractivity contribution >= 4 is 0 Å². The lowest BCUT2D eigenvalue weighted by molar-refractivity contribution is -0.0669. The van der Waals surface area contributed by atoms with Crippen LogP contribution in [0.5, 0.6) is 11.5 Å². The highest BCUT2D eigenvalue weighted by Crippen LogP contribution is 2.32. The highest BCUT2D eigenvalue weighted by Gasteiger charge is 2.36. The van der Waals surface area contributed by atoms with Gasteiger partial charge in [0.15, 0.2) is 11.5 Å². The third-order valence-electron chi connectivity index (χ3n) is 4.66. The second-order valence-corrected chi connectivity index (χ2v) is 6.12. The Labute approximate surface area is 134 Å². The van der Waals surface area contributed by atoms with Crippen molar-refractivity contribution in [2.45, 2.75) is 31.7 Å². The minimum Gasteiger partial charge on any atom is -0.504 e. The smallest absolute Gasteiger partial charge is 0.160 e. The van der Waals surface area contributed by atoms with Gasteiger partial charge < -0.3 is 14.6 Å². The van der Waals surface area contributed by atoms with Gasteiger partial charge in [-0.2, -0.15) is 0 Å². The molecule has 122 valence electrons. The Morgan fingerprint density at radius 3 is 3.17 bits per heavy atom. The molecule has 0 aliphatic carbocycles. The van der Waals surface area contributed by atoms with Crippen LogP contribution in [-0.4, -0.2) is 51.3 Å². The van der Waals surface area contributed by atoms with E-state index in [1.807, 2.05) is 10.7 Å². The normalized spacial score (nSPS) is 24.0. The molecule has 2 aromatic rings. The van der Waals surface area contributed by atoms with E-state index in [2.05, 4.69) is 15.2 Å². The molecule has 2 aliphatic heterocycles. The van der Waals surface area contributed by atoms with Gasteiger partial charge in [0, 0.05) is 19.6 Å². The van der Waals surface area contributed by atoms with Crippen LogP contribution in [0.25, 0.3) is 0 Å². The van der Waals surface area contributed by atoms with Gasteiger partial charge in [-0.3, -0.25) is 4.90 Å². The van der Waals surface area contributed by atoms with Gasteiger partial charge in [-0.1, -0.05) is 11.3 Å². The maximum Gasteiger partial charge on any atom is 0.160 e. The van der Waals surface area contributed by atoms with Gasteiger partial charge >= 0.3 is 0 Å². The molecule has 23 heavy (non-hydrogen) atoms. The number of aromatic hydroxyl groups is 1. The van der Waals surface area contributed by atoms with E-state index in [1.54, 1.807) is 25.4 Å². The van der Waals surface area contributed by atoms with Crippen molar-refractivity contribution in [3.63, 3.8) is 0 Å². The summed E-state index contributed by atoms with van der Waals surface area (Å²) in [6, 6.07) is 5.77. The molecule has 4 rings (SSSR count). The number of aromatic nitrogens is 3. The Balaban J connectivity index is 1.49. The summed E-state index contributed by atoms with van der Waals surface area (Å²) in [6.07, 6.45) is 2.97. The fraction of sp³-hybridized carbons (Fsp3) is 0.500. The molecule has 0 amide bonds. The van der Waals surface area contributed by atoms with E-state index in [4.69, 9.17) is 9.47 Å². The van der Waals surface area contributed by atoms with E-state index < -0.39 is 0 Å². The number of phenolic OH excluding ortho intramolecular Hbond substituents is 1. The number of benzene rings is 1. The fourth-order valence-corrected chi connectivity index (χ4v) is 3.48. The van der Waals surface area contributed by atoms with E-state index in [0.29, 0.717) is 12.4 Å². The van der Waals surface area contributed by atoms with Crippen LogP contribution in [0.4, 0.5) is 0 Å². The molecule has 2 aliphatic rings. The maximum absolute atomic E-state index is 9.92. The number of ether oxygens (including phenoxy) is 2. The van der Waals surface area contributed by atoms with Crippen molar-refractivity contribution in [2.24, 2.45) is 0 Å². The zero-order valence-electron chi connectivity index (χ0n) is 13.1. The number of methoxy groups -OCH3 is 1. The van der Waals surface area contributed by atoms with Crippen molar-refractivity contribution in [1.29, 1.82) is 0 Å². The van der Waals surface area contributed by atoms with Crippen LogP contribution in [0, 0.1) is 0 Å². The molecule has 0 bridgehead atoms. The monoisotopic (exact) mass is 316 g/mol. The summed E-state index contributed by atoms with van der Waals surface area (Å²) in [6.45, 7) is 3.22. The quantitative estimate of drug-likeness (QED) is 0.921. The molecule has 7 nitrogen and oxygen atoms in total. The Morgan fingerprint density at radius 2 is 2.35 bits per heavy atom. The van der Waals surface area contributed by atoms with Gasteiger partial charge in [-0.05, 0) is 24.1 Å². The summed E-state index contributed by atoms with van der Waals surface area (Å²) >= 11 is 0. The standard InChI is InChI=1S/C16H20N4O3/c1-22-16-3-2-11(6-14(16)21)8-19-5-4-15-13(9-19)20-12(10-23-15)7-17-18-20/h2-3,6-7,13,15,21H,4-5,8-10H2,1H3. The van der Waals surface area contributed by atoms with Crippen LogP contribution >= 0.6 is 0 Å². The summed E-state index contributed by atoms with van der Waals surface area (Å²) in [7, 11) is 1.55. The summed E-state index contributed by atoms with van der Waals surface area (Å²) in [5, 5.41) is 18.1. The van der Waals surface area contributed by atoms with E-state index in [1.165, 1.54) is 0 Å². The van der Waals surface area contributed by atoms with Gasteiger partial charge in [0.1, 0.15) is 0 Å². The Kier molecular flexibility index (Phi) is 3.66. The number of rotatable bonds is 3. The largest absolute Gasteiger partial charge is 0.504 e. The number of phenols is 1. The molecule has 0 saturated carbocycles. The maximum atomic E-state index is 9.92. The van der Waals surface area contributed by atoms with Crippen LogP contribution < -0.4 is 4.74 Å². The van der Waals surface area contributed by atoms with E-state index in [0.717, 1.165) is 37.3 Å². The van der Waals surface area contributed by atoms with Crippen molar-refractivity contribution in [3.8, 4) is 11.5 Å². The lowest BCUT2D eigenvalue weighted by atomic mass is 10.00. The predicted octanol–water partition coefficient (Wildman–Crippen LogP) is 1.34. The second kappa shape index (κ2) is 5.82. The molecular formula is C16H20N4O3. The van der Waals surface area contributed by atoms with Crippen LogP contribution in [0.3, 0.4) is 0 Å². The molecule has 1 saturated heterocycles. The first-order valence-corrected chi connectivity index (χ1v) is 7.83. The fourth-order valence-electron chi connectivity index (χ4n) is 3.48. The number of hydrogen-bond acceptors (Lipinski definition) is 6. The van der Waals surface area contributed by atoms with Crippen molar-refractivity contribution in [3.05, 3.63) is 35.7 Å². The van der Waals surface area contributed by atoms with Crippen molar-refractivity contribution in [2.75, 3.05) is 20.2 Å². The first-order valence-electron chi connectivity index (χ1n) is 7.83.